The van der Waals surface area contributed by atoms with Crippen LogP contribution in [-0.2, 0) is 17.8 Å². The Labute approximate surface area is 171 Å². The van der Waals surface area contributed by atoms with Crippen LogP contribution < -0.4 is 0 Å². The van der Waals surface area contributed by atoms with Crippen molar-refractivity contribution in [1.29, 1.82) is 0 Å². The molecule has 0 bridgehead atoms. The van der Waals surface area contributed by atoms with Gasteiger partial charge in [-0.25, -0.2) is 4.79 Å². The highest BCUT2D eigenvalue weighted by Crippen LogP contribution is 2.42. The Morgan fingerprint density at radius 3 is 1.97 bits per heavy atom. The second-order valence-corrected chi connectivity index (χ2v) is 7.57. The van der Waals surface area contributed by atoms with Gasteiger partial charge in [0.1, 0.15) is 5.84 Å². The average Bonchev–Trinajstić information content (AvgIpc) is 3.02. The molecule has 1 aliphatic heterocycles. The van der Waals surface area contributed by atoms with Gasteiger partial charge >= 0.3 is 5.97 Å². The lowest BCUT2D eigenvalue weighted by molar-refractivity contribution is -0.144. The molecule has 0 saturated carbocycles. The van der Waals surface area contributed by atoms with Crippen molar-refractivity contribution in [2.24, 2.45) is 4.99 Å². The van der Waals surface area contributed by atoms with Gasteiger partial charge in [0.15, 0.2) is 5.54 Å². The first-order valence-electron chi connectivity index (χ1n) is 9.79. The molecular weight excluding hydrogens is 360 g/mol. The first-order chi connectivity index (χ1) is 14.1. The van der Waals surface area contributed by atoms with Crippen LogP contribution in [0.25, 0.3) is 0 Å². The number of amidine groups is 1. The van der Waals surface area contributed by atoms with Gasteiger partial charge in [0, 0.05) is 13.0 Å². The summed E-state index contributed by atoms with van der Waals surface area (Å²) in [5, 5.41) is 10.1. The van der Waals surface area contributed by atoms with Crippen LogP contribution in [0.5, 0.6) is 0 Å². The van der Waals surface area contributed by atoms with E-state index in [1.54, 1.807) is 6.92 Å². The van der Waals surface area contributed by atoms with Crippen LogP contribution >= 0.6 is 0 Å². The molecule has 1 heterocycles. The smallest absolute Gasteiger partial charge is 0.333 e. The number of benzene rings is 3. The molecule has 4 nitrogen and oxygen atoms in total. The highest BCUT2D eigenvalue weighted by Gasteiger charge is 2.51. The van der Waals surface area contributed by atoms with Gasteiger partial charge in [0.2, 0.25) is 0 Å². The van der Waals surface area contributed by atoms with E-state index in [1.807, 2.05) is 66.7 Å². The van der Waals surface area contributed by atoms with Crippen molar-refractivity contribution >= 4 is 11.8 Å². The summed E-state index contributed by atoms with van der Waals surface area (Å²) < 4.78 is 0. The molecule has 4 rings (SSSR count). The Kier molecular flexibility index (Phi) is 5.17. The maximum Gasteiger partial charge on any atom is 0.333 e. The van der Waals surface area contributed by atoms with Crippen LogP contribution in [0.4, 0.5) is 0 Å². The molecule has 0 spiro atoms. The summed E-state index contributed by atoms with van der Waals surface area (Å²) >= 11 is 0. The van der Waals surface area contributed by atoms with Crippen molar-refractivity contribution in [2.45, 2.75) is 31.5 Å². The minimum atomic E-state index is -1.25. The monoisotopic (exact) mass is 384 g/mol. The minimum Gasteiger partial charge on any atom is -0.479 e. The van der Waals surface area contributed by atoms with E-state index in [9.17, 15) is 9.90 Å². The molecule has 2 atom stereocenters. The van der Waals surface area contributed by atoms with Gasteiger partial charge in [0.05, 0.1) is 6.04 Å². The number of nitrogens with zero attached hydrogens (tertiary/aromatic N) is 2. The summed E-state index contributed by atoms with van der Waals surface area (Å²) in [7, 11) is 0. The highest BCUT2D eigenvalue weighted by atomic mass is 16.4. The van der Waals surface area contributed by atoms with Crippen molar-refractivity contribution in [3.05, 3.63) is 108 Å². The van der Waals surface area contributed by atoms with Gasteiger partial charge in [-0.05, 0) is 23.6 Å². The average molecular weight is 384 g/mol. The maximum absolute atomic E-state index is 12.4. The molecule has 0 fully saturated rings. The van der Waals surface area contributed by atoms with E-state index >= 15 is 0 Å². The molecule has 3 aromatic carbocycles. The second kappa shape index (κ2) is 7.92. The number of rotatable bonds is 6. The van der Waals surface area contributed by atoms with E-state index in [-0.39, 0.29) is 6.04 Å². The molecule has 0 saturated heterocycles. The first kappa shape index (κ1) is 18.9. The van der Waals surface area contributed by atoms with Crippen LogP contribution in [0.3, 0.4) is 0 Å². The normalized spacial score (nSPS) is 21.1. The molecule has 0 aliphatic carbocycles. The third kappa shape index (κ3) is 3.79. The first-order valence-corrected chi connectivity index (χ1v) is 9.79. The lowest BCUT2D eigenvalue weighted by Gasteiger charge is -2.34. The Bertz CT molecular complexity index is 1000. The zero-order valence-electron chi connectivity index (χ0n) is 16.4. The molecule has 1 N–H and O–H groups in total. The number of carboxylic acids is 1. The third-order valence-corrected chi connectivity index (χ3v) is 5.49. The fourth-order valence-electron chi connectivity index (χ4n) is 4.03. The molecule has 3 aromatic rings. The Balaban J connectivity index is 1.79. The number of hydrogen-bond acceptors (Lipinski definition) is 3. The van der Waals surface area contributed by atoms with Crippen molar-refractivity contribution in [3.8, 4) is 0 Å². The van der Waals surface area contributed by atoms with Crippen LogP contribution in [0.1, 0.15) is 29.7 Å². The molecule has 0 radical (unpaired) electrons. The maximum atomic E-state index is 12.4. The fraction of sp³-hybridized carbons (Fsp3) is 0.200. The number of carboxylic acid groups (broad SMARTS) is 1. The largest absolute Gasteiger partial charge is 0.479 e. The number of carbonyl (C=O) groups is 1. The summed E-state index contributed by atoms with van der Waals surface area (Å²) in [6, 6.07) is 29.7. The van der Waals surface area contributed by atoms with Crippen molar-refractivity contribution in [1.82, 2.24) is 4.90 Å². The van der Waals surface area contributed by atoms with E-state index < -0.39 is 11.5 Å². The number of aliphatic carboxylic acids is 1. The highest BCUT2D eigenvalue weighted by molar-refractivity contribution is 5.94. The fourth-order valence-corrected chi connectivity index (χ4v) is 4.03. The van der Waals surface area contributed by atoms with Gasteiger partial charge in [-0.15, -0.1) is 0 Å². The second-order valence-electron chi connectivity index (χ2n) is 7.57. The molecule has 0 amide bonds. The molecule has 4 heteroatoms. The topological polar surface area (TPSA) is 52.9 Å². The number of aliphatic imine (C=N–C) groups is 1. The summed E-state index contributed by atoms with van der Waals surface area (Å²) in [4.78, 5) is 19.3. The SMILES string of the molecule is C[C@@]1(C(=O)O)N=C(Cc2ccccc2)N(Cc2ccccc2)[C@H]1c1ccccc1. The Morgan fingerprint density at radius 1 is 0.897 bits per heavy atom. The number of hydrogen-bond donors (Lipinski definition) is 1. The van der Waals surface area contributed by atoms with Crippen LogP contribution in [0.15, 0.2) is 96.0 Å². The molecular formula is C25H24N2O2. The molecule has 0 unspecified atom stereocenters. The summed E-state index contributed by atoms with van der Waals surface area (Å²) in [5.74, 6) is -0.105. The van der Waals surface area contributed by atoms with E-state index in [2.05, 4.69) is 29.2 Å². The summed E-state index contributed by atoms with van der Waals surface area (Å²) in [6.07, 6.45) is 0.597. The standard InChI is InChI=1S/C25H24N2O2/c1-25(24(28)29)23(21-15-9-4-10-16-21)27(18-20-13-7-3-8-14-20)22(26-25)17-19-11-5-2-6-12-19/h2-16,23H,17-18H2,1H3,(H,28,29)/t23-,25+/m0/s1. The summed E-state index contributed by atoms with van der Waals surface area (Å²) in [5.41, 5.74) is 1.95. The zero-order chi connectivity index (χ0) is 20.3. The van der Waals surface area contributed by atoms with Crippen molar-refractivity contribution in [2.75, 3.05) is 0 Å². The van der Waals surface area contributed by atoms with Gasteiger partial charge < -0.3 is 10.0 Å². The molecule has 1 aliphatic rings. The lowest BCUT2D eigenvalue weighted by Crippen LogP contribution is -2.43. The summed E-state index contributed by atoms with van der Waals surface area (Å²) in [6.45, 7) is 2.33. The van der Waals surface area contributed by atoms with Crippen molar-refractivity contribution < 1.29 is 9.90 Å². The van der Waals surface area contributed by atoms with Crippen LogP contribution in [0, 0.1) is 0 Å². The van der Waals surface area contributed by atoms with E-state index in [0.717, 1.165) is 22.5 Å². The van der Waals surface area contributed by atoms with E-state index in [0.29, 0.717) is 13.0 Å². The van der Waals surface area contributed by atoms with Gasteiger partial charge in [0.25, 0.3) is 0 Å². The zero-order valence-corrected chi connectivity index (χ0v) is 16.4. The predicted octanol–water partition coefficient (Wildman–Crippen LogP) is 4.73. The lowest BCUT2D eigenvalue weighted by atomic mass is 9.87. The van der Waals surface area contributed by atoms with Crippen LogP contribution in [0.2, 0.25) is 0 Å². The van der Waals surface area contributed by atoms with E-state index in [1.165, 1.54) is 0 Å². The van der Waals surface area contributed by atoms with E-state index in [4.69, 9.17) is 4.99 Å². The van der Waals surface area contributed by atoms with Crippen molar-refractivity contribution in [3.63, 3.8) is 0 Å². The third-order valence-electron chi connectivity index (χ3n) is 5.49. The molecule has 29 heavy (non-hydrogen) atoms. The Morgan fingerprint density at radius 2 is 1.41 bits per heavy atom. The van der Waals surface area contributed by atoms with Gasteiger partial charge in [-0.1, -0.05) is 91.0 Å². The molecule has 0 aromatic heterocycles. The predicted molar refractivity (Wildman–Crippen MR) is 115 cm³/mol. The quantitative estimate of drug-likeness (QED) is 0.669. The van der Waals surface area contributed by atoms with Gasteiger partial charge in [-0.2, -0.15) is 0 Å². The minimum absolute atomic E-state index is 0.375. The molecule has 146 valence electrons. The van der Waals surface area contributed by atoms with Crippen LogP contribution in [-0.4, -0.2) is 27.4 Å². The van der Waals surface area contributed by atoms with Gasteiger partial charge in [-0.3, -0.25) is 4.99 Å². The Hall–Kier alpha value is -3.40.